The molecule has 1 atom stereocenters. The Bertz CT molecular complexity index is 686. The van der Waals surface area contributed by atoms with Crippen LogP contribution in [0.2, 0.25) is 0 Å². The second-order valence-electron chi connectivity index (χ2n) is 3.86. The number of rotatable bonds is 5. The number of aromatic amines is 1. The van der Waals surface area contributed by atoms with Gasteiger partial charge in [0.2, 0.25) is 0 Å². The van der Waals surface area contributed by atoms with Crippen LogP contribution in [0.4, 0.5) is 5.69 Å². The number of carboxylic acids is 2. The van der Waals surface area contributed by atoms with E-state index in [0.717, 1.165) is 0 Å². The fourth-order valence-electron chi connectivity index (χ4n) is 1.61. The Labute approximate surface area is 105 Å². The van der Waals surface area contributed by atoms with E-state index in [9.17, 15) is 14.4 Å². The number of carbonyl (C=O) groups is 2. The van der Waals surface area contributed by atoms with E-state index in [-0.39, 0.29) is 5.58 Å². The van der Waals surface area contributed by atoms with E-state index in [1.54, 1.807) is 0 Å². The molecule has 1 unspecified atom stereocenters. The minimum atomic E-state index is -1.28. The molecular weight excluding hydrogens is 256 g/mol. The highest BCUT2D eigenvalue weighted by Gasteiger charge is 2.20. The maximum absolute atomic E-state index is 11.0. The van der Waals surface area contributed by atoms with E-state index in [0.29, 0.717) is 11.2 Å². The van der Waals surface area contributed by atoms with Crippen molar-refractivity contribution in [1.82, 2.24) is 4.98 Å². The van der Waals surface area contributed by atoms with Crippen LogP contribution in [0.15, 0.2) is 27.4 Å². The van der Waals surface area contributed by atoms with Gasteiger partial charge < -0.3 is 19.9 Å². The summed E-state index contributed by atoms with van der Waals surface area (Å²) in [7, 11) is 0. The average molecular weight is 266 g/mol. The first kappa shape index (κ1) is 12.7. The summed E-state index contributed by atoms with van der Waals surface area (Å²) in [6.45, 7) is 0. The fourth-order valence-corrected chi connectivity index (χ4v) is 1.61. The smallest absolute Gasteiger partial charge is 0.417 e. The van der Waals surface area contributed by atoms with Gasteiger partial charge in [-0.25, -0.2) is 9.59 Å². The van der Waals surface area contributed by atoms with E-state index in [4.69, 9.17) is 14.6 Å². The molecule has 8 nitrogen and oxygen atoms in total. The zero-order chi connectivity index (χ0) is 14.0. The van der Waals surface area contributed by atoms with Gasteiger partial charge in [-0.2, -0.15) is 0 Å². The van der Waals surface area contributed by atoms with Crippen LogP contribution >= 0.6 is 0 Å². The minimum absolute atomic E-state index is 0.259. The van der Waals surface area contributed by atoms with Gasteiger partial charge >= 0.3 is 17.7 Å². The minimum Gasteiger partial charge on any atom is -0.481 e. The molecule has 0 aliphatic rings. The second-order valence-corrected chi connectivity index (χ2v) is 3.86. The Hall–Kier alpha value is -2.77. The molecule has 0 saturated heterocycles. The normalized spacial score (nSPS) is 12.2. The molecule has 8 heteroatoms. The van der Waals surface area contributed by atoms with Crippen LogP contribution in [0.3, 0.4) is 0 Å². The summed E-state index contributed by atoms with van der Waals surface area (Å²) in [6, 6.07) is 3.21. The van der Waals surface area contributed by atoms with E-state index in [1.165, 1.54) is 18.2 Å². The quantitative estimate of drug-likeness (QED) is 0.617. The molecule has 0 aliphatic heterocycles. The molecule has 1 aromatic heterocycles. The predicted molar refractivity (Wildman–Crippen MR) is 64.1 cm³/mol. The SMILES string of the molecule is O=C(O)CC(Nc1ccc2[nH]c(=O)oc2c1)C(=O)O. The summed E-state index contributed by atoms with van der Waals surface area (Å²) in [6.07, 6.45) is -0.565. The number of anilines is 1. The van der Waals surface area contributed by atoms with Crippen molar-refractivity contribution in [2.75, 3.05) is 5.32 Å². The maximum Gasteiger partial charge on any atom is 0.417 e. The molecule has 0 bridgehead atoms. The lowest BCUT2D eigenvalue weighted by Gasteiger charge is -2.13. The molecule has 2 rings (SSSR count). The van der Waals surface area contributed by atoms with Gasteiger partial charge in [0.1, 0.15) is 6.04 Å². The molecule has 0 fully saturated rings. The number of carboxylic acid groups (broad SMARTS) is 2. The van der Waals surface area contributed by atoms with Crippen LogP contribution in [-0.4, -0.2) is 33.2 Å². The summed E-state index contributed by atoms with van der Waals surface area (Å²) >= 11 is 0. The van der Waals surface area contributed by atoms with Crippen molar-refractivity contribution < 1.29 is 24.2 Å². The van der Waals surface area contributed by atoms with Crippen molar-refractivity contribution >= 4 is 28.7 Å². The Balaban J connectivity index is 2.25. The molecule has 2 aromatic rings. The van der Waals surface area contributed by atoms with Gasteiger partial charge in [-0.15, -0.1) is 0 Å². The van der Waals surface area contributed by atoms with Crippen molar-refractivity contribution in [2.24, 2.45) is 0 Å². The average Bonchev–Trinajstić information content (AvgIpc) is 2.66. The number of hydrogen-bond donors (Lipinski definition) is 4. The third-order valence-corrected chi connectivity index (χ3v) is 2.44. The molecule has 19 heavy (non-hydrogen) atoms. The van der Waals surface area contributed by atoms with Gasteiger partial charge in [-0.3, -0.25) is 9.78 Å². The lowest BCUT2D eigenvalue weighted by Crippen LogP contribution is -2.31. The third kappa shape index (κ3) is 2.92. The molecule has 0 saturated carbocycles. The first-order chi connectivity index (χ1) is 8.95. The van der Waals surface area contributed by atoms with Crippen LogP contribution in [0, 0.1) is 0 Å². The second kappa shape index (κ2) is 4.84. The molecule has 4 N–H and O–H groups in total. The molecule has 0 aliphatic carbocycles. The largest absolute Gasteiger partial charge is 0.481 e. The lowest BCUT2D eigenvalue weighted by molar-refractivity contribution is -0.144. The highest BCUT2D eigenvalue weighted by Crippen LogP contribution is 2.17. The van der Waals surface area contributed by atoms with E-state index in [1.807, 2.05) is 0 Å². The zero-order valence-corrected chi connectivity index (χ0v) is 9.54. The van der Waals surface area contributed by atoms with Crippen molar-refractivity contribution in [1.29, 1.82) is 0 Å². The first-order valence-electron chi connectivity index (χ1n) is 5.30. The van der Waals surface area contributed by atoms with Gasteiger partial charge in [0.05, 0.1) is 11.9 Å². The van der Waals surface area contributed by atoms with E-state index < -0.39 is 30.2 Å². The van der Waals surface area contributed by atoms with Crippen LogP contribution in [0.5, 0.6) is 0 Å². The number of aliphatic carboxylic acids is 2. The Kier molecular flexibility index (Phi) is 3.23. The standard InChI is InChI=1S/C11H10N2O6/c14-9(15)4-7(10(16)17)12-5-1-2-6-8(3-5)19-11(18)13-6/h1-3,7,12H,4H2,(H,13,18)(H,14,15)(H,16,17). The van der Waals surface area contributed by atoms with Crippen LogP contribution in [0.25, 0.3) is 11.1 Å². The molecular formula is C11H10N2O6. The predicted octanol–water partition coefficient (Wildman–Crippen LogP) is 0.461. The van der Waals surface area contributed by atoms with Crippen LogP contribution in [-0.2, 0) is 9.59 Å². The molecule has 100 valence electrons. The van der Waals surface area contributed by atoms with Gasteiger partial charge in [0.25, 0.3) is 0 Å². The van der Waals surface area contributed by atoms with Crippen molar-refractivity contribution in [2.45, 2.75) is 12.5 Å². The van der Waals surface area contributed by atoms with Crippen molar-refractivity contribution in [3.8, 4) is 0 Å². The topological polar surface area (TPSA) is 133 Å². The molecule has 0 amide bonds. The van der Waals surface area contributed by atoms with Gasteiger partial charge in [-0.05, 0) is 12.1 Å². The summed E-state index contributed by atoms with van der Waals surface area (Å²) < 4.78 is 4.82. The van der Waals surface area contributed by atoms with Gasteiger partial charge in [0, 0.05) is 11.8 Å². The maximum atomic E-state index is 11.0. The number of oxazole rings is 1. The van der Waals surface area contributed by atoms with E-state index >= 15 is 0 Å². The summed E-state index contributed by atoms with van der Waals surface area (Å²) in [4.78, 5) is 34.8. The highest BCUT2D eigenvalue weighted by atomic mass is 16.4. The Morgan fingerprint density at radius 1 is 1.37 bits per heavy atom. The Morgan fingerprint density at radius 2 is 2.11 bits per heavy atom. The van der Waals surface area contributed by atoms with E-state index in [2.05, 4.69) is 10.3 Å². The molecule has 0 radical (unpaired) electrons. The van der Waals surface area contributed by atoms with Crippen LogP contribution in [0.1, 0.15) is 6.42 Å². The highest BCUT2D eigenvalue weighted by molar-refractivity contribution is 5.84. The van der Waals surface area contributed by atoms with Crippen molar-refractivity contribution in [3.63, 3.8) is 0 Å². The fraction of sp³-hybridized carbons (Fsp3) is 0.182. The Morgan fingerprint density at radius 3 is 2.74 bits per heavy atom. The number of hydrogen-bond acceptors (Lipinski definition) is 5. The molecule has 1 aromatic carbocycles. The monoisotopic (exact) mass is 266 g/mol. The number of benzene rings is 1. The third-order valence-electron chi connectivity index (χ3n) is 2.44. The number of aromatic nitrogens is 1. The summed E-state index contributed by atoms with van der Waals surface area (Å²) in [5, 5.41) is 20.1. The van der Waals surface area contributed by atoms with Gasteiger partial charge in [-0.1, -0.05) is 0 Å². The first-order valence-corrected chi connectivity index (χ1v) is 5.30. The van der Waals surface area contributed by atoms with Gasteiger partial charge in [0.15, 0.2) is 5.58 Å². The number of fused-ring (bicyclic) bond motifs is 1. The number of nitrogens with one attached hydrogen (secondary N) is 2. The van der Waals surface area contributed by atoms with Crippen molar-refractivity contribution in [3.05, 3.63) is 28.7 Å². The summed E-state index contributed by atoms with van der Waals surface area (Å²) in [5.74, 6) is -3.13. The number of H-pyrrole nitrogens is 1. The molecule has 0 spiro atoms. The summed E-state index contributed by atoms with van der Waals surface area (Å²) in [5.41, 5.74) is 1.08. The zero-order valence-electron chi connectivity index (χ0n) is 9.54. The lowest BCUT2D eigenvalue weighted by atomic mass is 10.2. The van der Waals surface area contributed by atoms with Crippen LogP contribution < -0.4 is 11.1 Å². The molecule has 1 heterocycles.